The molecule has 0 saturated carbocycles. The SMILES string of the molecule is Cc1ccccc1CN1C(=O)/C(=C\c2ccc(C(=O)NC(C)CCc3ccccc3)cc2)Sc2ccccc21. The second kappa shape index (κ2) is 12.2. The number of benzene rings is 4. The monoisotopic (exact) mass is 532 g/mol. The first-order valence-electron chi connectivity index (χ1n) is 13.3. The van der Waals surface area contributed by atoms with E-state index in [9.17, 15) is 9.59 Å². The van der Waals surface area contributed by atoms with Crippen molar-refractivity contribution in [1.82, 2.24) is 5.32 Å². The topological polar surface area (TPSA) is 49.4 Å². The first kappa shape index (κ1) is 26.5. The van der Waals surface area contributed by atoms with Gasteiger partial charge in [-0.15, -0.1) is 0 Å². The van der Waals surface area contributed by atoms with Crippen molar-refractivity contribution in [3.05, 3.63) is 136 Å². The van der Waals surface area contributed by atoms with Crippen LogP contribution in [-0.4, -0.2) is 17.9 Å². The minimum atomic E-state index is -0.0868. The maximum Gasteiger partial charge on any atom is 0.265 e. The van der Waals surface area contributed by atoms with Gasteiger partial charge in [0.05, 0.1) is 17.1 Å². The number of hydrogen-bond acceptors (Lipinski definition) is 3. The lowest BCUT2D eigenvalue weighted by Gasteiger charge is -2.31. The molecule has 1 heterocycles. The highest BCUT2D eigenvalue weighted by Gasteiger charge is 2.29. The Balaban J connectivity index is 1.28. The molecule has 2 amide bonds. The minimum absolute atomic E-state index is 0.0176. The van der Waals surface area contributed by atoms with E-state index in [2.05, 4.69) is 42.6 Å². The molecule has 1 aliphatic heterocycles. The van der Waals surface area contributed by atoms with Crippen molar-refractivity contribution >= 4 is 35.3 Å². The fraction of sp³-hybridized carbons (Fsp3) is 0.176. The highest BCUT2D eigenvalue weighted by molar-refractivity contribution is 8.04. The van der Waals surface area contributed by atoms with Gasteiger partial charge in [0.15, 0.2) is 0 Å². The molecule has 0 fully saturated rings. The third-order valence-electron chi connectivity index (χ3n) is 6.98. The van der Waals surface area contributed by atoms with Crippen LogP contribution >= 0.6 is 11.8 Å². The van der Waals surface area contributed by atoms with E-state index in [-0.39, 0.29) is 17.9 Å². The lowest BCUT2D eigenvalue weighted by atomic mass is 10.1. The molecule has 0 bridgehead atoms. The number of nitrogens with zero attached hydrogens (tertiary/aromatic N) is 1. The number of para-hydroxylation sites is 1. The fourth-order valence-corrected chi connectivity index (χ4v) is 5.73. The Labute approximate surface area is 234 Å². The number of anilines is 1. The van der Waals surface area contributed by atoms with Crippen molar-refractivity contribution in [3.63, 3.8) is 0 Å². The number of hydrogen-bond donors (Lipinski definition) is 1. The number of rotatable bonds is 8. The summed E-state index contributed by atoms with van der Waals surface area (Å²) in [7, 11) is 0. The third kappa shape index (κ3) is 6.50. The zero-order valence-corrected chi connectivity index (χ0v) is 23.1. The second-order valence-corrected chi connectivity index (χ2v) is 11.0. The minimum Gasteiger partial charge on any atom is -0.350 e. The summed E-state index contributed by atoms with van der Waals surface area (Å²) in [6.07, 6.45) is 3.71. The first-order chi connectivity index (χ1) is 19.0. The molecular weight excluding hydrogens is 500 g/mol. The Morgan fingerprint density at radius 1 is 0.897 bits per heavy atom. The van der Waals surface area contributed by atoms with Gasteiger partial charge in [0.2, 0.25) is 0 Å². The van der Waals surface area contributed by atoms with Gasteiger partial charge in [-0.25, -0.2) is 0 Å². The summed E-state index contributed by atoms with van der Waals surface area (Å²) in [5.74, 6) is -0.104. The Hall–Kier alpha value is -4.09. The largest absolute Gasteiger partial charge is 0.350 e. The Kier molecular flexibility index (Phi) is 8.28. The summed E-state index contributed by atoms with van der Waals surface area (Å²) in [6.45, 7) is 4.62. The van der Waals surface area contributed by atoms with Crippen LogP contribution in [-0.2, 0) is 17.8 Å². The molecule has 1 unspecified atom stereocenters. The Morgan fingerprint density at radius 3 is 2.36 bits per heavy atom. The number of nitrogens with one attached hydrogen (secondary N) is 1. The van der Waals surface area contributed by atoms with Crippen molar-refractivity contribution in [2.45, 2.75) is 44.2 Å². The molecule has 1 N–H and O–H groups in total. The predicted molar refractivity (Wildman–Crippen MR) is 161 cm³/mol. The van der Waals surface area contributed by atoms with E-state index in [1.54, 1.807) is 0 Å². The summed E-state index contributed by atoms with van der Waals surface area (Å²) >= 11 is 1.49. The van der Waals surface area contributed by atoms with Gasteiger partial charge in [-0.05, 0) is 79.3 Å². The zero-order valence-electron chi connectivity index (χ0n) is 22.3. The summed E-state index contributed by atoms with van der Waals surface area (Å²) < 4.78 is 0. The molecule has 1 aliphatic rings. The average molecular weight is 533 g/mol. The predicted octanol–water partition coefficient (Wildman–Crippen LogP) is 7.43. The molecule has 4 aromatic rings. The normalized spacial score (nSPS) is 14.7. The molecule has 5 rings (SSSR count). The average Bonchev–Trinajstić information content (AvgIpc) is 2.96. The van der Waals surface area contributed by atoms with Crippen molar-refractivity contribution < 1.29 is 9.59 Å². The standard InChI is InChI=1S/C34H32N2O2S/c1-24-10-6-7-13-29(24)23-36-30-14-8-9-15-31(30)39-32(34(36)38)22-27-18-20-28(21-19-27)33(37)35-25(2)16-17-26-11-4-3-5-12-26/h3-15,18-22,25H,16-17,23H2,1-2H3,(H,35,37)/b32-22+. The molecule has 0 spiro atoms. The van der Waals surface area contributed by atoms with Crippen LogP contribution in [0.15, 0.2) is 113 Å². The molecule has 4 nitrogen and oxygen atoms in total. The van der Waals surface area contributed by atoms with Crippen LogP contribution in [0, 0.1) is 6.92 Å². The number of carbonyl (C=O) groups excluding carboxylic acids is 2. The Bertz CT molecular complexity index is 1500. The first-order valence-corrected chi connectivity index (χ1v) is 14.1. The van der Waals surface area contributed by atoms with E-state index in [0.29, 0.717) is 17.0 Å². The van der Waals surface area contributed by atoms with E-state index in [4.69, 9.17) is 0 Å². The van der Waals surface area contributed by atoms with E-state index < -0.39 is 0 Å². The molecule has 39 heavy (non-hydrogen) atoms. The van der Waals surface area contributed by atoms with Crippen LogP contribution in [0.5, 0.6) is 0 Å². The van der Waals surface area contributed by atoms with Crippen LogP contribution in [0.25, 0.3) is 6.08 Å². The van der Waals surface area contributed by atoms with Crippen LogP contribution in [0.3, 0.4) is 0 Å². The number of carbonyl (C=O) groups is 2. The van der Waals surface area contributed by atoms with E-state index in [1.807, 2.05) is 90.7 Å². The molecule has 5 heteroatoms. The molecule has 196 valence electrons. The van der Waals surface area contributed by atoms with Crippen LogP contribution in [0.1, 0.15) is 46.0 Å². The molecule has 1 atom stereocenters. The zero-order chi connectivity index (χ0) is 27.2. The fourth-order valence-electron chi connectivity index (χ4n) is 4.67. The third-order valence-corrected chi connectivity index (χ3v) is 8.06. The molecular formula is C34H32N2O2S. The summed E-state index contributed by atoms with van der Waals surface area (Å²) in [4.78, 5) is 30.0. The summed E-state index contributed by atoms with van der Waals surface area (Å²) in [5.41, 5.74) is 5.98. The number of fused-ring (bicyclic) bond motifs is 1. The smallest absolute Gasteiger partial charge is 0.265 e. The van der Waals surface area contributed by atoms with Gasteiger partial charge < -0.3 is 10.2 Å². The quantitative estimate of drug-likeness (QED) is 0.240. The number of thioether (sulfide) groups is 1. The van der Waals surface area contributed by atoms with Crippen molar-refractivity contribution in [2.24, 2.45) is 0 Å². The summed E-state index contributed by atoms with van der Waals surface area (Å²) in [5, 5.41) is 3.10. The molecule has 4 aromatic carbocycles. The van der Waals surface area contributed by atoms with Crippen molar-refractivity contribution in [3.8, 4) is 0 Å². The Morgan fingerprint density at radius 2 is 1.59 bits per heavy atom. The number of amides is 2. The van der Waals surface area contributed by atoms with Gasteiger partial charge in [0.25, 0.3) is 11.8 Å². The van der Waals surface area contributed by atoms with Crippen molar-refractivity contribution in [2.75, 3.05) is 4.90 Å². The van der Waals surface area contributed by atoms with Crippen molar-refractivity contribution in [1.29, 1.82) is 0 Å². The molecule has 0 saturated heterocycles. The van der Waals surface area contributed by atoms with Gasteiger partial charge in [-0.2, -0.15) is 0 Å². The maximum atomic E-state index is 13.6. The van der Waals surface area contributed by atoms with Gasteiger partial charge >= 0.3 is 0 Å². The highest BCUT2D eigenvalue weighted by Crippen LogP contribution is 2.42. The van der Waals surface area contributed by atoms with Gasteiger partial charge in [0.1, 0.15) is 0 Å². The molecule has 0 radical (unpaired) electrons. The van der Waals surface area contributed by atoms with Crippen LogP contribution < -0.4 is 10.2 Å². The van der Waals surface area contributed by atoms with Crippen LogP contribution in [0.2, 0.25) is 0 Å². The summed E-state index contributed by atoms with van der Waals surface area (Å²) in [6, 6.07) is 34.0. The molecule has 0 aromatic heterocycles. The van der Waals surface area contributed by atoms with Gasteiger partial charge in [-0.1, -0.05) is 90.6 Å². The maximum absolute atomic E-state index is 13.6. The van der Waals surface area contributed by atoms with E-state index >= 15 is 0 Å². The van der Waals surface area contributed by atoms with Crippen LogP contribution in [0.4, 0.5) is 5.69 Å². The highest BCUT2D eigenvalue weighted by atomic mass is 32.2. The lowest BCUT2D eigenvalue weighted by Crippen LogP contribution is -2.34. The second-order valence-electron chi connectivity index (χ2n) is 9.92. The van der Waals surface area contributed by atoms with E-state index in [0.717, 1.165) is 40.1 Å². The van der Waals surface area contributed by atoms with E-state index in [1.165, 1.54) is 17.3 Å². The molecule has 0 aliphatic carbocycles. The number of aryl methyl sites for hydroxylation is 2. The lowest BCUT2D eigenvalue weighted by molar-refractivity contribution is -0.114. The van der Waals surface area contributed by atoms with Gasteiger partial charge in [0, 0.05) is 16.5 Å². The van der Waals surface area contributed by atoms with Gasteiger partial charge in [-0.3, -0.25) is 9.59 Å².